The summed E-state index contributed by atoms with van der Waals surface area (Å²) in [5, 5.41) is 0. The standard InChI is InChI=1S/C24H19F4N3O3/c1-2-16-5-8-20(19(25)11-16)30-13-21(33)31(23(22(30)34)9-10-29(14-23)15-32)12-17-3-6-18(7-4-17)24(26,27)28/h1,3-8,11,15H,9-10,12-14H2/t23-/m1/s1. The predicted octanol–water partition coefficient (Wildman–Crippen LogP) is 2.80. The molecule has 1 spiro atoms. The second-order valence-corrected chi connectivity index (χ2v) is 8.23. The lowest BCUT2D eigenvalue weighted by molar-refractivity contribution is -0.151. The molecular weight excluding hydrogens is 454 g/mol. The lowest BCUT2D eigenvalue weighted by Crippen LogP contribution is -2.69. The van der Waals surface area contributed by atoms with Crippen molar-refractivity contribution >= 4 is 23.9 Å². The number of nitrogens with zero attached hydrogens (tertiary/aromatic N) is 3. The van der Waals surface area contributed by atoms with Gasteiger partial charge >= 0.3 is 6.18 Å². The van der Waals surface area contributed by atoms with Gasteiger partial charge in [0.25, 0.3) is 5.91 Å². The number of terminal acetylenes is 1. The molecule has 0 aromatic heterocycles. The normalized spacial score (nSPS) is 20.7. The summed E-state index contributed by atoms with van der Waals surface area (Å²) in [6, 6.07) is 8.14. The first-order valence-corrected chi connectivity index (χ1v) is 10.3. The first-order chi connectivity index (χ1) is 16.1. The maximum absolute atomic E-state index is 14.7. The number of halogens is 4. The van der Waals surface area contributed by atoms with Crippen LogP contribution >= 0.6 is 0 Å². The van der Waals surface area contributed by atoms with Gasteiger partial charge in [0, 0.05) is 18.7 Å². The maximum Gasteiger partial charge on any atom is 0.416 e. The summed E-state index contributed by atoms with van der Waals surface area (Å²) in [5.41, 5.74) is -1.77. The third-order valence-corrected chi connectivity index (χ3v) is 6.21. The van der Waals surface area contributed by atoms with Crippen LogP contribution in [-0.4, -0.2) is 53.2 Å². The number of carbonyl (C=O) groups excluding carboxylic acids is 3. The molecule has 34 heavy (non-hydrogen) atoms. The molecule has 0 radical (unpaired) electrons. The number of piperazine rings is 1. The molecule has 3 amide bonds. The van der Waals surface area contributed by atoms with Gasteiger partial charge < -0.3 is 9.80 Å². The van der Waals surface area contributed by atoms with E-state index in [9.17, 15) is 31.9 Å². The van der Waals surface area contributed by atoms with Gasteiger partial charge in [0.15, 0.2) is 0 Å². The Morgan fingerprint density at radius 2 is 1.82 bits per heavy atom. The zero-order chi connectivity index (χ0) is 24.7. The van der Waals surface area contributed by atoms with Crippen molar-refractivity contribution in [3.63, 3.8) is 0 Å². The average molecular weight is 473 g/mol. The van der Waals surface area contributed by atoms with Crippen molar-refractivity contribution in [2.75, 3.05) is 24.5 Å². The number of rotatable bonds is 4. The van der Waals surface area contributed by atoms with E-state index in [2.05, 4.69) is 5.92 Å². The third kappa shape index (κ3) is 3.98. The van der Waals surface area contributed by atoms with E-state index >= 15 is 0 Å². The van der Waals surface area contributed by atoms with Crippen LogP contribution in [0, 0.1) is 18.2 Å². The van der Waals surface area contributed by atoms with Gasteiger partial charge in [-0.1, -0.05) is 18.1 Å². The quantitative estimate of drug-likeness (QED) is 0.390. The van der Waals surface area contributed by atoms with Gasteiger partial charge in [-0.05, 0) is 42.3 Å². The van der Waals surface area contributed by atoms with E-state index in [1.54, 1.807) is 0 Å². The van der Waals surface area contributed by atoms with Crippen molar-refractivity contribution in [3.05, 3.63) is 65.0 Å². The Morgan fingerprint density at radius 1 is 1.12 bits per heavy atom. The summed E-state index contributed by atoms with van der Waals surface area (Å²) in [4.78, 5) is 42.0. The molecule has 1 atom stereocenters. The molecule has 6 nitrogen and oxygen atoms in total. The Kier molecular flexibility index (Phi) is 5.81. The molecule has 2 saturated heterocycles. The van der Waals surface area contributed by atoms with Crippen molar-refractivity contribution in [2.24, 2.45) is 0 Å². The first kappa shape index (κ1) is 23.3. The maximum atomic E-state index is 14.7. The van der Waals surface area contributed by atoms with Crippen LogP contribution in [0.4, 0.5) is 23.2 Å². The lowest BCUT2D eigenvalue weighted by Gasteiger charge is -2.47. The van der Waals surface area contributed by atoms with Gasteiger partial charge in [-0.25, -0.2) is 4.39 Å². The molecule has 0 N–H and O–H groups in total. The minimum atomic E-state index is -4.51. The smallest absolute Gasteiger partial charge is 0.342 e. The van der Waals surface area contributed by atoms with Crippen LogP contribution in [-0.2, 0) is 27.1 Å². The average Bonchev–Trinajstić information content (AvgIpc) is 3.24. The Hall–Kier alpha value is -3.87. The number of hydrogen-bond donors (Lipinski definition) is 0. The number of alkyl halides is 3. The molecule has 2 aliphatic rings. The molecule has 2 fully saturated rings. The summed E-state index contributed by atoms with van der Waals surface area (Å²) in [7, 11) is 0. The van der Waals surface area contributed by atoms with E-state index in [4.69, 9.17) is 6.42 Å². The van der Waals surface area contributed by atoms with Crippen molar-refractivity contribution < 1.29 is 31.9 Å². The Morgan fingerprint density at radius 3 is 2.38 bits per heavy atom. The van der Waals surface area contributed by atoms with E-state index in [-0.39, 0.29) is 37.3 Å². The van der Waals surface area contributed by atoms with Gasteiger partial charge in [-0.15, -0.1) is 6.42 Å². The van der Waals surface area contributed by atoms with Gasteiger partial charge in [0.1, 0.15) is 17.9 Å². The van der Waals surface area contributed by atoms with E-state index in [1.807, 2.05) is 0 Å². The zero-order valence-electron chi connectivity index (χ0n) is 17.8. The fourth-order valence-electron chi connectivity index (χ4n) is 4.44. The molecule has 4 rings (SSSR count). The fraction of sp³-hybridized carbons (Fsp3) is 0.292. The zero-order valence-corrected chi connectivity index (χ0v) is 17.8. The second kappa shape index (κ2) is 8.48. The van der Waals surface area contributed by atoms with Crippen LogP contribution < -0.4 is 4.90 Å². The second-order valence-electron chi connectivity index (χ2n) is 8.23. The molecule has 2 aliphatic heterocycles. The highest BCUT2D eigenvalue weighted by atomic mass is 19.4. The SMILES string of the molecule is C#Cc1ccc(N2CC(=O)N(Cc3ccc(C(F)(F)F)cc3)[C@@]3(CCN(C=O)C3)C2=O)c(F)c1. The van der Waals surface area contributed by atoms with E-state index in [0.717, 1.165) is 23.1 Å². The molecule has 0 unspecified atom stereocenters. The minimum Gasteiger partial charge on any atom is -0.342 e. The number of benzene rings is 2. The van der Waals surface area contributed by atoms with Crippen LogP contribution in [0.2, 0.25) is 0 Å². The van der Waals surface area contributed by atoms with E-state index in [1.165, 1.54) is 34.1 Å². The minimum absolute atomic E-state index is 0.109. The highest BCUT2D eigenvalue weighted by Gasteiger charge is 2.56. The van der Waals surface area contributed by atoms with Crippen LogP contribution in [0.5, 0.6) is 0 Å². The molecule has 2 aromatic carbocycles. The Balaban J connectivity index is 1.70. The van der Waals surface area contributed by atoms with Crippen molar-refractivity contribution in [1.29, 1.82) is 0 Å². The van der Waals surface area contributed by atoms with Crippen LogP contribution in [0.1, 0.15) is 23.1 Å². The molecule has 10 heteroatoms. The molecule has 2 heterocycles. The van der Waals surface area contributed by atoms with Crippen LogP contribution in [0.25, 0.3) is 0 Å². The number of anilines is 1. The van der Waals surface area contributed by atoms with Crippen molar-refractivity contribution in [3.8, 4) is 12.3 Å². The molecule has 176 valence electrons. The summed E-state index contributed by atoms with van der Waals surface area (Å²) in [5.74, 6) is 0.429. The summed E-state index contributed by atoms with van der Waals surface area (Å²) in [6.07, 6.45) is 1.45. The molecular formula is C24H19F4N3O3. The summed E-state index contributed by atoms with van der Waals surface area (Å²) < 4.78 is 53.5. The molecule has 0 bridgehead atoms. The number of carbonyl (C=O) groups is 3. The summed E-state index contributed by atoms with van der Waals surface area (Å²) in [6.45, 7) is -0.517. The highest BCUT2D eigenvalue weighted by Crippen LogP contribution is 2.37. The number of likely N-dealkylation sites (tertiary alicyclic amines) is 1. The Bertz CT molecular complexity index is 1190. The first-order valence-electron chi connectivity index (χ1n) is 10.3. The summed E-state index contributed by atoms with van der Waals surface area (Å²) >= 11 is 0. The van der Waals surface area contributed by atoms with Crippen molar-refractivity contribution in [1.82, 2.24) is 9.80 Å². The highest BCUT2D eigenvalue weighted by molar-refractivity contribution is 6.09. The van der Waals surface area contributed by atoms with Gasteiger partial charge in [0.05, 0.1) is 17.8 Å². The largest absolute Gasteiger partial charge is 0.416 e. The van der Waals surface area contributed by atoms with Gasteiger partial charge in [-0.2, -0.15) is 13.2 Å². The molecule has 2 aromatic rings. The van der Waals surface area contributed by atoms with Crippen molar-refractivity contribution in [2.45, 2.75) is 24.7 Å². The Labute approximate surface area is 192 Å². The fourth-order valence-corrected chi connectivity index (χ4v) is 4.44. The number of amides is 3. The number of hydrogen-bond acceptors (Lipinski definition) is 3. The van der Waals surface area contributed by atoms with E-state index < -0.39 is 41.5 Å². The third-order valence-electron chi connectivity index (χ3n) is 6.21. The topological polar surface area (TPSA) is 60.9 Å². The van der Waals surface area contributed by atoms with Gasteiger partial charge in [0.2, 0.25) is 12.3 Å². The monoisotopic (exact) mass is 473 g/mol. The molecule has 0 aliphatic carbocycles. The predicted molar refractivity (Wildman–Crippen MR) is 114 cm³/mol. The van der Waals surface area contributed by atoms with Gasteiger partial charge in [-0.3, -0.25) is 19.3 Å². The van der Waals surface area contributed by atoms with Crippen LogP contribution in [0.15, 0.2) is 42.5 Å². The lowest BCUT2D eigenvalue weighted by atomic mass is 9.89. The molecule has 0 saturated carbocycles. The van der Waals surface area contributed by atoms with Crippen LogP contribution in [0.3, 0.4) is 0 Å². The van der Waals surface area contributed by atoms with E-state index in [0.29, 0.717) is 12.0 Å².